The van der Waals surface area contributed by atoms with Crippen LogP contribution in [0.3, 0.4) is 0 Å². The fourth-order valence-corrected chi connectivity index (χ4v) is 2.87. The smallest absolute Gasteiger partial charge is 0.164 e. The second kappa shape index (κ2) is 4.81. The monoisotopic (exact) mass is 376 g/mol. The molecule has 5 heteroatoms. The van der Waals surface area contributed by atoms with Crippen LogP contribution >= 0.6 is 34.2 Å². The summed E-state index contributed by atoms with van der Waals surface area (Å²) in [5.41, 5.74) is 1.77. The lowest BCUT2D eigenvalue weighted by Gasteiger charge is -2.20. The molecule has 2 aromatic rings. The van der Waals surface area contributed by atoms with Crippen molar-refractivity contribution in [1.82, 2.24) is 9.97 Å². The Hall–Kier alpha value is -0.620. The Morgan fingerprint density at radius 3 is 2.44 bits per heavy atom. The Morgan fingerprint density at radius 1 is 1.28 bits per heavy atom. The van der Waals surface area contributed by atoms with E-state index in [2.05, 4.69) is 53.3 Å². The van der Waals surface area contributed by atoms with Crippen molar-refractivity contribution in [3.63, 3.8) is 0 Å². The number of hydrogen-bond donors (Lipinski definition) is 0. The van der Waals surface area contributed by atoms with Gasteiger partial charge in [-0.25, -0.2) is 9.97 Å². The SMILES string of the molecule is Cc1occc1-c1nc(Cl)c(I)c(C(C)(C)C)n1. The Balaban J connectivity index is 2.66. The molecule has 0 fully saturated rings. The Bertz CT molecular complexity index is 587. The van der Waals surface area contributed by atoms with E-state index in [1.54, 1.807) is 6.26 Å². The summed E-state index contributed by atoms with van der Waals surface area (Å²) in [7, 11) is 0. The van der Waals surface area contributed by atoms with Crippen LogP contribution in [0.5, 0.6) is 0 Å². The van der Waals surface area contributed by atoms with Crippen LogP contribution in [-0.4, -0.2) is 9.97 Å². The lowest BCUT2D eigenvalue weighted by molar-refractivity contribution is 0.534. The molecular weight excluding hydrogens is 363 g/mol. The highest BCUT2D eigenvalue weighted by molar-refractivity contribution is 14.1. The maximum absolute atomic E-state index is 6.21. The first-order chi connectivity index (χ1) is 8.30. The van der Waals surface area contributed by atoms with E-state index in [1.165, 1.54) is 0 Å². The topological polar surface area (TPSA) is 38.9 Å². The summed E-state index contributed by atoms with van der Waals surface area (Å²) >= 11 is 8.40. The zero-order valence-electron chi connectivity index (χ0n) is 10.7. The first-order valence-corrected chi connectivity index (χ1v) is 7.04. The average molecular weight is 377 g/mol. The molecule has 0 atom stereocenters. The molecule has 0 saturated heterocycles. The lowest BCUT2D eigenvalue weighted by Crippen LogP contribution is -2.17. The first-order valence-electron chi connectivity index (χ1n) is 5.58. The van der Waals surface area contributed by atoms with Gasteiger partial charge in [0.15, 0.2) is 5.82 Å². The third-order valence-electron chi connectivity index (χ3n) is 2.62. The average Bonchev–Trinajstić information content (AvgIpc) is 2.66. The van der Waals surface area contributed by atoms with Crippen LogP contribution in [0.2, 0.25) is 5.15 Å². The molecule has 0 saturated carbocycles. The number of nitrogens with zero attached hydrogens (tertiary/aromatic N) is 2. The minimum Gasteiger partial charge on any atom is -0.469 e. The predicted octanol–water partition coefficient (Wildman–Crippen LogP) is 4.60. The number of aryl methyl sites for hydroxylation is 1. The maximum Gasteiger partial charge on any atom is 0.164 e. The van der Waals surface area contributed by atoms with E-state index >= 15 is 0 Å². The number of rotatable bonds is 1. The maximum atomic E-state index is 6.21. The van der Waals surface area contributed by atoms with Gasteiger partial charge in [0.2, 0.25) is 0 Å². The third kappa shape index (κ3) is 2.54. The van der Waals surface area contributed by atoms with E-state index in [0.29, 0.717) is 11.0 Å². The molecule has 2 heterocycles. The molecule has 0 bridgehead atoms. The molecule has 3 nitrogen and oxygen atoms in total. The summed E-state index contributed by atoms with van der Waals surface area (Å²) in [5, 5.41) is 0.492. The van der Waals surface area contributed by atoms with E-state index in [4.69, 9.17) is 16.0 Å². The van der Waals surface area contributed by atoms with Crippen molar-refractivity contribution >= 4 is 34.2 Å². The largest absolute Gasteiger partial charge is 0.469 e. The minimum absolute atomic E-state index is 0.0739. The molecule has 2 rings (SSSR count). The van der Waals surface area contributed by atoms with Gasteiger partial charge in [-0.1, -0.05) is 32.4 Å². The Morgan fingerprint density at radius 2 is 1.94 bits per heavy atom. The van der Waals surface area contributed by atoms with Gasteiger partial charge >= 0.3 is 0 Å². The summed E-state index contributed by atoms with van der Waals surface area (Å²) in [6.45, 7) is 8.22. The molecule has 18 heavy (non-hydrogen) atoms. The van der Waals surface area contributed by atoms with Crippen molar-refractivity contribution < 1.29 is 4.42 Å². The van der Waals surface area contributed by atoms with Gasteiger partial charge in [0.1, 0.15) is 10.9 Å². The molecule has 0 N–H and O–H groups in total. The second-order valence-corrected chi connectivity index (χ2v) is 6.58. The normalized spacial score (nSPS) is 11.9. The van der Waals surface area contributed by atoms with Crippen molar-refractivity contribution in [2.75, 3.05) is 0 Å². The number of halogens is 2. The molecule has 96 valence electrons. The van der Waals surface area contributed by atoms with Crippen molar-refractivity contribution in [2.45, 2.75) is 33.1 Å². The van der Waals surface area contributed by atoms with Crippen LogP contribution in [0.4, 0.5) is 0 Å². The zero-order valence-corrected chi connectivity index (χ0v) is 13.6. The van der Waals surface area contributed by atoms with Crippen LogP contribution in [0.25, 0.3) is 11.4 Å². The molecule has 0 unspecified atom stereocenters. The van der Waals surface area contributed by atoms with Gasteiger partial charge in [0.25, 0.3) is 0 Å². The second-order valence-electron chi connectivity index (χ2n) is 5.14. The third-order valence-corrected chi connectivity index (χ3v) is 4.24. The highest BCUT2D eigenvalue weighted by atomic mass is 127. The standard InChI is InChI=1S/C13H14ClIN2O/c1-7-8(5-6-18-7)12-16-10(13(2,3)4)9(15)11(14)17-12/h5-6H,1-4H3. The van der Waals surface area contributed by atoms with E-state index in [1.807, 2.05) is 13.0 Å². The van der Waals surface area contributed by atoms with E-state index in [0.717, 1.165) is 20.6 Å². The van der Waals surface area contributed by atoms with Gasteiger partial charge in [-0.3, -0.25) is 0 Å². The van der Waals surface area contributed by atoms with Gasteiger partial charge in [0.05, 0.1) is 21.1 Å². The van der Waals surface area contributed by atoms with Crippen molar-refractivity contribution in [1.29, 1.82) is 0 Å². The minimum atomic E-state index is -0.0739. The van der Waals surface area contributed by atoms with Gasteiger partial charge in [-0.15, -0.1) is 0 Å². The molecule has 0 aliphatic rings. The van der Waals surface area contributed by atoms with Crippen LogP contribution in [0.15, 0.2) is 16.7 Å². The van der Waals surface area contributed by atoms with E-state index in [9.17, 15) is 0 Å². The highest BCUT2D eigenvalue weighted by Crippen LogP contribution is 2.32. The molecule has 0 amide bonds. The summed E-state index contributed by atoms with van der Waals surface area (Å²) < 4.78 is 6.20. The molecular formula is C13H14ClIN2O. The first kappa shape index (κ1) is 13.8. The molecule has 0 spiro atoms. The van der Waals surface area contributed by atoms with Crippen LogP contribution in [0.1, 0.15) is 32.2 Å². The molecule has 0 aliphatic heterocycles. The van der Waals surface area contributed by atoms with Gasteiger partial charge in [-0.05, 0) is 35.6 Å². The molecule has 0 radical (unpaired) electrons. The Labute approximate surface area is 125 Å². The summed E-state index contributed by atoms with van der Waals surface area (Å²) in [6, 6.07) is 1.86. The highest BCUT2D eigenvalue weighted by Gasteiger charge is 2.23. The van der Waals surface area contributed by atoms with Crippen molar-refractivity contribution in [3.05, 3.63) is 32.5 Å². The number of aromatic nitrogens is 2. The fraction of sp³-hybridized carbons (Fsp3) is 0.385. The number of hydrogen-bond acceptors (Lipinski definition) is 3. The predicted molar refractivity (Wildman–Crippen MR) is 80.9 cm³/mol. The van der Waals surface area contributed by atoms with Crippen molar-refractivity contribution in [3.8, 4) is 11.4 Å². The lowest BCUT2D eigenvalue weighted by atomic mass is 9.92. The quantitative estimate of drug-likeness (QED) is 0.539. The van der Waals surface area contributed by atoms with Crippen LogP contribution in [0, 0.1) is 10.5 Å². The van der Waals surface area contributed by atoms with E-state index in [-0.39, 0.29) is 5.41 Å². The zero-order chi connectivity index (χ0) is 13.5. The summed E-state index contributed by atoms with van der Waals surface area (Å²) in [4.78, 5) is 8.98. The summed E-state index contributed by atoms with van der Waals surface area (Å²) in [6.07, 6.45) is 1.64. The van der Waals surface area contributed by atoms with Crippen LogP contribution < -0.4 is 0 Å². The number of furan rings is 1. The molecule has 0 aliphatic carbocycles. The van der Waals surface area contributed by atoms with Gasteiger partial charge in [-0.2, -0.15) is 0 Å². The van der Waals surface area contributed by atoms with Gasteiger partial charge < -0.3 is 4.42 Å². The van der Waals surface area contributed by atoms with Crippen LogP contribution in [-0.2, 0) is 5.41 Å². The fourth-order valence-electron chi connectivity index (χ4n) is 1.65. The van der Waals surface area contributed by atoms with Gasteiger partial charge in [0, 0.05) is 5.41 Å². The summed E-state index contributed by atoms with van der Waals surface area (Å²) in [5.74, 6) is 1.42. The van der Waals surface area contributed by atoms with Crippen molar-refractivity contribution in [2.24, 2.45) is 0 Å². The Kier molecular flexibility index (Phi) is 3.69. The molecule has 2 aromatic heterocycles. The van der Waals surface area contributed by atoms with E-state index < -0.39 is 0 Å². The molecule has 0 aromatic carbocycles.